The summed E-state index contributed by atoms with van der Waals surface area (Å²) in [4.78, 5) is 6.01. The van der Waals surface area contributed by atoms with Gasteiger partial charge in [0, 0.05) is 34.7 Å². The van der Waals surface area contributed by atoms with Gasteiger partial charge in [0.1, 0.15) is 16.5 Å². The summed E-state index contributed by atoms with van der Waals surface area (Å²) in [6.45, 7) is 4.96. The Morgan fingerprint density at radius 2 is 1.85 bits per heavy atom. The molecule has 1 N–H and O–H groups in total. The van der Waals surface area contributed by atoms with Gasteiger partial charge in [0.05, 0.1) is 19.9 Å². The molecule has 0 amide bonds. The molecule has 3 aromatic rings. The number of ether oxygens (including phenoxy) is 2. The molecule has 0 radical (unpaired) electrons. The Bertz CT molecular complexity index is 862. The summed E-state index contributed by atoms with van der Waals surface area (Å²) in [6.07, 6.45) is 0. The van der Waals surface area contributed by atoms with Crippen LogP contribution in [0.4, 0.5) is 0 Å². The Kier molecular flexibility index (Phi) is 5.91. The summed E-state index contributed by atoms with van der Waals surface area (Å²) in [7, 11) is 3.34. The number of aromatic nitrogens is 1. The van der Waals surface area contributed by atoms with Crippen molar-refractivity contribution in [3.05, 3.63) is 64.7 Å². The highest BCUT2D eigenvalue weighted by molar-refractivity contribution is 7.15. The normalized spacial score (nSPS) is 12.0. The van der Waals surface area contributed by atoms with Crippen molar-refractivity contribution < 1.29 is 9.47 Å². The van der Waals surface area contributed by atoms with Gasteiger partial charge in [-0.05, 0) is 19.9 Å². The fourth-order valence-corrected chi connectivity index (χ4v) is 3.97. The van der Waals surface area contributed by atoms with Crippen LogP contribution in [0.25, 0.3) is 10.6 Å². The van der Waals surface area contributed by atoms with Crippen molar-refractivity contribution in [2.24, 2.45) is 0 Å². The van der Waals surface area contributed by atoms with E-state index in [0.29, 0.717) is 6.54 Å². The maximum Gasteiger partial charge on any atom is 0.127 e. The molecule has 1 atom stereocenters. The van der Waals surface area contributed by atoms with Crippen molar-refractivity contribution in [1.82, 2.24) is 10.3 Å². The zero-order chi connectivity index (χ0) is 18.5. The molecule has 0 saturated heterocycles. The van der Waals surface area contributed by atoms with Crippen molar-refractivity contribution in [3.63, 3.8) is 0 Å². The first-order chi connectivity index (χ1) is 12.6. The van der Waals surface area contributed by atoms with Gasteiger partial charge in [-0.1, -0.05) is 36.4 Å². The SMILES string of the molecule is COc1ccc(CNC(C)c2sc(-c3ccccc3)nc2C)c(OC)c1. The van der Waals surface area contributed by atoms with Gasteiger partial charge in [-0.15, -0.1) is 11.3 Å². The van der Waals surface area contributed by atoms with Crippen LogP contribution >= 0.6 is 11.3 Å². The minimum absolute atomic E-state index is 0.205. The lowest BCUT2D eigenvalue weighted by molar-refractivity contribution is 0.389. The highest BCUT2D eigenvalue weighted by Gasteiger charge is 2.16. The highest BCUT2D eigenvalue weighted by atomic mass is 32.1. The van der Waals surface area contributed by atoms with E-state index in [1.54, 1.807) is 25.6 Å². The second-order valence-electron chi connectivity index (χ2n) is 6.12. The Morgan fingerprint density at radius 3 is 2.54 bits per heavy atom. The summed E-state index contributed by atoms with van der Waals surface area (Å²) in [5, 5.41) is 4.65. The van der Waals surface area contributed by atoms with Gasteiger partial charge in [-0.3, -0.25) is 0 Å². The molecular formula is C21H24N2O2S. The second kappa shape index (κ2) is 8.34. The molecule has 136 valence electrons. The van der Waals surface area contributed by atoms with Crippen LogP contribution in [-0.2, 0) is 6.54 Å². The van der Waals surface area contributed by atoms with Gasteiger partial charge in [0.2, 0.25) is 0 Å². The molecule has 0 aliphatic heterocycles. The fourth-order valence-electron chi connectivity index (χ4n) is 2.87. The number of hydrogen-bond donors (Lipinski definition) is 1. The van der Waals surface area contributed by atoms with Crippen molar-refractivity contribution in [1.29, 1.82) is 0 Å². The quantitative estimate of drug-likeness (QED) is 0.638. The van der Waals surface area contributed by atoms with E-state index in [4.69, 9.17) is 14.5 Å². The van der Waals surface area contributed by atoms with Gasteiger partial charge in [-0.2, -0.15) is 0 Å². The fraction of sp³-hybridized carbons (Fsp3) is 0.286. The lowest BCUT2D eigenvalue weighted by Gasteiger charge is -2.15. The smallest absolute Gasteiger partial charge is 0.127 e. The summed E-state index contributed by atoms with van der Waals surface area (Å²) >= 11 is 1.75. The minimum Gasteiger partial charge on any atom is -0.497 e. The first kappa shape index (κ1) is 18.4. The van der Waals surface area contributed by atoms with E-state index in [1.165, 1.54) is 4.88 Å². The van der Waals surface area contributed by atoms with Gasteiger partial charge >= 0.3 is 0 Å². The predicted octanol–water partition coefficient (Wildman–Crippen LogP) is 4.99. The number of nitrogens with one attached hydrogen (secondary N) is 1. The van der Waals surface area contributed by atoms with E-state index in [-0.39, 0.29) is 6.04 Å². The Labute approximate surface area is 158 Å². The molecule has 0 bridgehead atoms. The van der Waals surface area contributed by atoms with Gasteiger partial charge in [0.25, 0.3) is 0 Å². The first-order valence-corrected chi connectivity index (χ1v) is 9.41. The van der Waals surface area contributed by atoms with Gasteiger partial charge in [0.15, 0.2) is 0 Å². The number of benzene rings is 2. The molecule has 0 aliphatic carbocycles. The highest BCUT2D eigenvalue weighted by Crippen LogP contribution is 2.32. The van der Waals surface area contributed by atoms with Gasteiger partial charge in [-0.25, -0.2) is 4.98 Å². The zero-order valence-corrected chi connectivity index (χ0v) is 16.4. The van der Waals surface area contributed by atoms with E-state index in [9.17, 15) is 0 Å². The van der Waals surface area contributed by atoms with Crippen molar-refractivity contribution in [2.75, 3.05) is 14.2 Å². The molecule has 0 saturated carbocycles. The van der Waals surface area contributed by atoms with Crippen LogP contribution in [-0.4, -0.2) is 19.2 Å². The van der Waals surface area contributed by atoms with Crippen molar-refractivity contribution in [3.8, 4) is 22.1 Å². The predicted molar refractivity (Wildman–Crippen MR) is 107 cm³/mol. The Morgan fingerprint density at radius 1 is 1.08 bits per heavy atom. The number of methoxy groups -OCH3 is 2. The molecule has 5 heteroatoms. The largest absolute Gasteiger partial charge is 0.497 e. The topological polar surface area (TPSA) is 43.4 Å². The van der Waals surface area contributed by atoms with Crippen LogP contribution in [0.3, 0.4) is 0 Å². The minimum atomic E-state index is 0.205. The molecule has 1 heterocycles. The Hall–Kier alpha value is -2.37. The number of aryl methyl sites for hydroxylation is 1. The van der Waals surface area contributed by atoms with Crippen LogP contribution in [0.15, 0.2) is 48.5 Å². The average molecular weight is 369 g/mol. The number of nitrogens with zero attached hydrogens (tertiary/aromatic N) is 1. The standard InChI is InChI=1S/C21H24N2O2S/c1-14(22-13-17-10-11-18(24-3)12-19(17)25-4)20-15(2)23-21(26-20)16-8-6-5-7-9-16/h5-12,14,22H,13H2,1-4H3. The number of rotatable bonds is 7. The van der Waals surface area contributed by atoms with Crippen molar-refractivity contribution in [2.45, 2.75) is 26.4 Å². The lowest BCUT2D eigenvalue weighted by atomic mass is 10.1. The molecule has 1 unspecified atom stereocenters. The van der Waals surface area contributed by atoms with Crippen LogP contribution in [0.1, 0.15) is 29.1 Å². The first-order valence-electron chi connectivity index (χ1n) is 8.59. The van der Waals surface area contributed by atoms with Gasteiger partial charge < -0.3 is 14.8 Å². The molecule has 4 nitrogen and oxygen atoms in total. The molecule has 2 aromatic carbocycles. The van der Waals surface area contributed by atoms with E-state index >= 15 is 0 Å². The van der Waals surface area contributed by atoms with E-state index in [2.05, 4.69) is 31.3 Å². The zero-order valence-electron chi connectivity index (χ0n) is 15.6. The molecule has 0 aliphatic rings. The molecule has 26 heavy (non-hydrogen) atoms. The summed E-state index contributed by atoms with van der Waals surface area (Å²) in [5.41, 5.74) is 3.34. The summed E-state index contributed by atoms with van der Waals surface area (Å²) in [5.74, 6) is 1.62. The van der Waals surface area contributed by atoms with Crippen LogP contribution in [0, 0.1) is 6.92 Å². The molecule has 0 fully saturated rings. The molecule has 3 rings (SSSR count). The van der Waals surface area contributed by atoms with Crippen molar-refractivity contribution >= 4 is 11.3 Å². The van der Waals surface area contributed by atoms with E-state index in [0.717, 1.165) is 33.3 Å². The van der Waals surface area contributed by atoms with E-state index < -0.39 is 0 Å². The number of thiazole rings is 1. The monoisotopic (exact) mass is 368 g/mol. The molecular weight excluding hydrogens is 344 g/mol. The van der Waals surface area contributed by atoms with E-state index in [1.807, 2.05) is 36.4 Å². The van der Waals surface area contributed by atoms with Crippen LogP contribution < -0.4 is 14.8 Å². The third-order valence-electron chi connectivity index (χ3n) is 4.34. The summed E-state index contributed by atoms with van der Waals surface area (Å²) < 4.78 is 10.7. The average Bonchev–Trinajstić information content (AvgIpc) is 3.08. The third-order valence-corrected chi connectivity index (χ3v) is 5.73. The van der Waals surface area contributed by atoms with Crippen LogP contribution in [0.5, 0.6) is 11.5 Å². The lowest BCUT2D eigenvalue weighted by Crippen LogP contribution is -2.18. The summed E-state index contributed by atoms with van der Waals surface area (Å²) in [6, 6.07) is 16.4. The number of hydrogen-bond acceptors (Lipinski definition) is 5. The maximum atomic E-state index is 5.48. The maximum absolute atomic E-state index is 5.48. The van der Waals surface area contributed by atoms with Crippen LogP contribution in [0.2, 0.25) is 0 Å². The molecule has 1 aromatic heterocycles. The second-order valence-corrected chi connectivity index (χ2v) is 7.15. The Balaban J connectivity index is 1.73. The third kappa shape index (κ3) is 4.06. The molecule has 0 spiro atoms.